The maximum atomic E-state index is 12.6. The number of aromatic nitrogens is 4. The zero-order valence-electron chi connectivity index (χ0n) is 11.7. The Labute approximate surface area is 131 Å². The van der Waals surface area contributed by atoms with E-state index in [0.29, 0.717) is 10.8 Å². The van der Waals surface area contributed by atoms with Crippen LogP contribution < -0.4 is 4.74 Å². The Balaban J connectivity index is 2.32. The summed E-state index contributed by atoms with van der Waals surface area (Å²) in [6.45, 7) is 0.230. The van der Waals surface area contributed by atoms with E-state index in [-0.39, 0.29) is 28.8 Å². The molecule has 2 aromatic rings. The van der Waals surface area contributed by atoms with Crippen LogP contribution in [0.3, 0.4) is 0 Å². The van der Waals surface area contributed by atoms with Gasteiger partial charge in [-0.1, -0.05) is 23.2 Å². The summed E-state index contributed by atoms with van der Waals surface area (Å²) in [6.07, 6.45) is 0. The number of nitrogens with zero attached hydrogens (tertiary/aromatic N) is 5. The molecule has 1 amide bonds. The molecule has 1 aromatic carbocycles. The SMILES string of the molecule is COc1c(Cl)ccc(Cl)c1C(=O)N(C)Cc1nnnn1C. The van der Waals surface area contributed by atoms with Gasteiger partial charge in [0.05, 0.1) is 23.7 Å². The van der Waals surface area contributed by atoms with Crippen LogP contribution in [0.15, 0.2) is 12.1 Å². The molecule has 2 rings (SSSR count). The van der Waals surface area contributed by atoms with Gasteiger partial charge in [-0.25, -0.2) is 4.68 Å². The van der Waals surface area contributed by atoms with E-state index in [1.165, 1.54) is 16.7 Å². The molecule has 0 spiro atoms. The normalized spacial score (nSPS) is 10.5. The van der Waals surface area contributed by atoms with Gasteiger partial charge in [0.1, 0.15) is 5.56 Å². The number of ether oxygens (including phenoxy) is 1. The minimum Gasteiger partial charge on any atom is -0.494 e. The van der Waals surface area contributed by atoms with Crippen LogP contribution in [0.25, 0.3) is 0 Å². The molecule has 0 bridgehead atoms. The molecule has 0 fully saturated rings. The van der Waals surface area contributed by atoms with E-state index in [2.05, 4.69) is 15.5 Å². The molecule has 0 unspecified atom stereocenters. The lowest BCUT2D eigenvalue weighted by molar-refractivity contribution is 0.0777. The number of hydrogen-bond acceptors (Lipinski definition) is 5. The van der Waals surface area contributed by atoms with Crippen LogP contribution in [-0.2, 0) is 13.6 Å². The number of methoxy groups -OCH3 is 1. The van der Waals surface area contributed by atoms with Crippen molar-refractivity contribution in [3.05, 3.63) is 33.6 Å². The number of amides is 1. The average Bonchev–Trinajstić information content (AvgIpc) is 2.85. The second kappa shape index (κ2) is 6.28. The third kappa shape index (κ3) is 3.08. The number of carbonyl (C=O) groups is 1. The predicted octanol–water partition coefficient (Wildman–Crippen LogP) is 1.80. The van der Waals surface area contributed by atoms with Gasteiger partial charge in [0.2, 0.25) is 0 Å². The van der Waals surface area contributed by atoms with Crippen LogP contribution in [-0.4, -0.2) is 45.2 Å². The van der Waals surface area contributed by atoms with E-state index in [9.17, 15) is 4.79 Å². The lowest BCUT2D eigenvalue weighted by Gasteiger charge is -2.19. The van der Waals surface area contributed by atoms with E-state index in [1.54, 1.807) is 26.2 Å². The van der Waals surface area contributed by atoms with Gasteiger partial charge in [0.15, 0.2) is 11.6 Å². The Morgan fingerprint density at radius 3 is 2.62 bits per heavy atom. The minimum absolute atomic E-state index is 0.212. The topological polar surface area (TPSA) is 73.1 Å². The molecule has 112 valence electrons. The third-order valence-corrected chi connectivity index (χ3v) is 3.52. The number of aryl methyl sites for hydroxylation is 1. The third-order valence-electron chi connectivity index (χ3n) is 2.91. The number of benzene rings is 1. The first-order chi connectivity index (χ1) is 9.95. The zero-order chi connectivity index (χ0) is 15.6. The quantitative estimate of drug-likeness (QED) is 0.855. The molecular formula is C12H13Cl2N5O2. The fraction of sp³-hybridized carbons (Fsp3) is 0.333. The molecule has 0 saturated carbocycles. The summed E-state index contributed by atoms with van der Waals surface area (Å²) in [5.41, 5.74) is 0.212. The fourth-order valence-electron chi connectivity index (χ4n) is 1.79. The van der Waals surface area contributed by atoms with E-state index in [0.717, 1.165) is 0 Å². The number of halogens is 2. The van der Waals surface area contributed by atoms with E-state index < -0.39 is 0 Å². The molecule has 0 atom stereocenters. The first-order valence-corrected chi connectivity index (χ1v) is 6.70. The molecule has 0 aliphatic carbocycles. The summed E-state index contributed by atoms with van der Waals surface area (Å²) in [5.74, 6) is 0.461. The Bertz CT molecular complexity index is 674. The Morgan fingerprint density at radius 1 is 1.38 bits per heavy atom. The van der Waals surface area contributed by atoms with Gasteiger partial charge in [-0.15, -0.1) is 5.10 Å². The Morgan fingerprint density at radius 2 is 2.05 bits per heavy atom. The molecular weight excluding hydrogens is 317 g/mol. The molecule has 9 heteroatoms. The van der Waals surface area contributed by atoms with Gasteiger partial charge in [0, 0.05) is 14.1 Å². The standard InChI is InChI=1S/C12H13Cl2N5O2/c1-18(6-9-15-16-17-19(9)2)12(20)10-7(13)4-5-8(14)11(10)21-3/h4-5H,6H2,1-3H3. The van der Waals surface area contributed by atoms with Gasteiger partial charge in [-0.2, -0.15) is 0 Å². The monoisotopic (exact) mass is 329 g/mol. The molecule has 0 saturated heterocycles. The van der Waals surface area contributed by atoms with Crippen LogP contribution in [0.4, 0.5) is 0 Å². The molecule has 1 heterocycles. The second-order valence-corrected chi connectivity index (χ2v) is 5.13. The first-order valence-electron chi connectivity index (χ1n) is 5.94. The minimum atomic E-state index is -0.331. The van der Waals surface area contributed by atoms with Crippen molar-refractivity contribution in [3.63, 3.8) is 0 Å². The van der Waals surface area contributed by atoms with Gasteiger partial charge in [-0.05, 0) is 22.6 Å². The lowest BCUT2D eigenvalue weighted by Crippen LogP contribution is -2.28. The summed E-state index contributed by atoms with van der Waals surface area (Å²) >= 11 is 12.1. The highest BCUT2D eigenvalue weighted by Crippen LogP contribution is 2.34. The van der Waals surface area contributed by atoms with Crippen molar-refractivity contribution in [2.45, 2.75) is 6.54 Å². The largest absolute Gasteiger partial charge is 0.494 e. The Hall–Kier alpha value is -1.86. The van der Waals surface area contributed by atoms with Gasteiger partial charge >= 0.3 is 0 Å². The van der Waals surface area contributed by atoms with Crippen molar-refractivity contribution in [3.8, 4) is 5.75 Å². The fourth-order valence-corrected chi connectivity index (χ4v) is 2.25. The highest BCUT2D eigenvalue weighted by atomic mass is 35.5. The molecule has 21 heavy (non-hydrogen) atoms. The summed E-state index contributed by atoms with van der Waals surface area (Å²) < 4.78 is 6.66. The number of hydrogen-bond donors (Lipinski definition) is 0. The van der Waals surface area contributed by atoms with Crippen molar-refractivity contribution in [1.82, 2.24) is 25.1 Å². The van der Waals surface area contributed by atoms with Crippen LogP contribution in [0.2, 0.25) is 10.0 Å². The number of tetrazole rings is 1. The van der Waals surface area contributed by atoms with Gasteiger partial charge < -0.3 is 9.64 Å². The summed E-state index contributed by atoms with van der Waals surface area (Å²) in [5, 5.41) is 11.7. The highest BCUT2D eigenvalue weighted by molar-refractivity contribution is 6.37. The van der Waals surface area contributed by atoms with Gasteiger partial charge in [0.25, 0.3) is 5.91 Å². The maximum absolute atomic E-state index is 12.6. The van der Waals surface area contributed by atoms with Crippen LogP contribution >= 0.6 is 23.2 Å². The predicted molar refractivity (Wildman–Crippen MR) is 77.6 cm³/mol. The molecule has 0 aliphatic rings. The first kappa shape index (κ1) is 15.5. The van der Waals surface area contributed by atoms with Crippen molar-refractivity contribution in [2.75, 3.05) is 14.2 Å². The van der Waals surface area contributed by atoms with Crippen molar-refractivity contribution >= 4 is 29.1 Å². The van der Waals surface area contributed by atoms with Crippen LogP contribution in [0, 0.1) is 0 Å². The van der Waals surface area contributed by atoms with Crippen molar-refractivity contribution < 1.29 is 9.53 Å². The van der Waals surface area contributed by atoms with E-state index in [4.69, 9.17) is 27.9 Å². The molecule has 1 aromatic heterocycles. The molecule has 0 N–H and O–H groups in total. The number of carbonyl (C=O) groups excluding carboxylic acids is 1. The lowest BCUT2D eigenvalue weighted by atomic mass is 10.1. The number of rotatable bonds is 4. The van der Waals surface area contributed by atoms with Crippen LogP contribution in [0.1, 0.15) is 16.2 Å². The average molecular weight is 330 g/mol. The van der Waals surface area contributed by atoms with Crippen molar-refractivity contribution in [2.24, 2.45) is 7.05 Å². The van der Waals surface area contributed by atoms with E-state index >= 15 is 0 Å². The molecule has 0 radical (unpaired) electrons. The van der Waals surface area contributed by atoms with Crippen LogP contribution in [0.5, 0.6) is 5.75 Å². The molecule has 7 nitrogen and oxygen atoms in total. The molecule has 0 aliphatic heterocycles. The van der Waals surface area contributed by atoms with Gasteiger partial charge in [-0.3, -0.25) is 4.79 Å². The Kier molecular flexibility index (Phi) is 4.64. The zero-order valence-corrected chi connectivity index (χ0v) is 13.2. The summed E-state index contributed by atoms with van der Waals surface area (Å²) in [4.78, 5) is 14.0. The summed E-state index contributed by atoms with van der Waals surface area (Å²) in [6, 6.07) is 3.13. The van der Waals surface area contributed by atoms with Crippen molar-refractivity contribution in [1.29, 1.82) is 0 Å². The maximum Gasteiger partial charge on any atom is 0.259 e. The smallest absolute Gasteiger partial charge is 0.259 e. The van der Waals surface area contributed by atoms with E-state index in [1.807, 2.05) is 0 Å². The summed E-state index contributed by atoms with van der Waals surface area (Å²) in [7, 11) is 4.75. The second-order valence-electron chi connectivity index (χ2n) is 4.32. The highest BCUT2D eigenvalue weighted by Gasteiger charge is 2.23.